The molecule has 4 aliphatic heterocycles. The Balaban J connectivity index is 1.44. The van der Waals surface area contributed by atoms with Crippen LogP contribution < -0.4 is 15.1 Å². The van der Waals surface area contributed by atoms with Crippen LogP contribution in [0.25, 0.3) is 5.57 Å². The molecule has 2 N–H and O–H groups in total. The molecule has 2 saturated heterocycles. The topological polar surface area (TPSA) is 94.1 Å². The molecule has 1 amide bonds. The van der Waals surface area contributed by atoms with Crippen LogP contribution in [0.2, 0.25) is 0 Å². The number of carbonyl (C=O) groups excluding carboxylic acids is 1. The molecule has 0 radical (unpaired) electrons. The van der Waals surface area contributed by atoms with Crippen molar-refractivity contribution >= 4 is 28.8 Å². The fourth-order valence-electron chi connectivity index (χ4n) is 6.27. The summed E-state index contributed by atoms with van der Waals surface area (Å²) in [4.78, 5) is 20.6. The molecule has 9 heteroatoms. The van der Waals surface area contributed by atoms with E-state index in [0.717, 1.165) is 69.0 Å². The van der Waals surface area contributed by atoms with Gasteiger partial charge in [-0.1, -0.05) is 31.5 Å². The molecule has 9 nitrogen and oxygen atoms in total. The number of allylic oxidation sites excluding steroid dienone is 1. The Bertz CT molecular complexity index is 1260. The van der Waals surface area contributed by atoms with Crippen molar-refractivity contribution in [1.29, 1.82) is 0 Å². The zero-order valence-electron chi connectivity index (χ0n) is 22.0. The van der Waals surface area contributed by atoms with Crippen LogP contribution in [0.5, 0.6) is 0 Å². The highest BCUT2D eigenvalue weighted by atomic mass is 16.5. The number of hydrogen-bond acceptors (Lipinski definition) is 8. The van der Waals surface area contributed by atoms with Gasteiger partial charge in [-0.3, -0.25) is 9.69 Å². The highest BCUT2D eigenvalue weighted by Crippen LogP contribution is 2.55. The number of morpholine rings is 1. The molecule has 1 aromatic carbocycles. The van der Waals surface area contributed by atoms with E-state index >= 15 is 0 Å². The van der Waals surface area contributed by atoms with Gasteiger partial charge in [0.2, 0.25) is 0 Å². The van der Waals surface area contributed by atoms with E-state index in [1.165, 1.54) is 18.4 Å². The summed E-state index contributed by atoms with van der Waals surface area (Å²) < 4.78 is 5.52. The van der Waals surface area contributed by atoms with Gasteiger partial charge in [-0.05, 0) is 50.0 Å². The van der Waals surface area contributed by atoms with E-state index < -0.39 is 0 Å². The Hall–Kier alpha value is -3.43. The average Bonchev–Trinajstić information content (AvgIpc) is 3.59. The lowest BCUT2D eigenvalue weighted by Crippen LogP contribution is -2.38. The summed E-state index contributed by atoms with van der Waals surface area (Å²) in [5, 5.41) is 23.1. The van der Waals surface area contributed by atoms with E-state index in [0.29, 0.717) is 42.3 Å². The molecule has 0 bridgehead atoms. The lowest BCUT2D eigenvalue weighted by molar-refractivity contribution is -0.117. The molecule has 1 unspecified atom stereocenters. The molecule has 200 valence electrons. The number of para-hydroxylation sites is 1. The average molecular weight is 517 g/mol. The standard InChI is InChI=1S/C29H36N6O3/c1-2-7-21-20-8-3-4-9-24(20)35-27(21)26(29(37)30-10-13-33-11-5-6-12-33)23(19-36)22-18-25(31-32-28(22)35)34-14-16-38-17-15-34/h3-4,8-9,18-19,21,36H,2,5-7,10-17H2,1H3,(H,30,37)/b23-19-. The van der Waals surface area contributed by atoms with Crippen molar-refractivity contribution in [1.82, 2.24) is 20.4 Å². The quantitative estimate of drug-likeness (QED) is 0.538. The van der Waals surface area contributed by atoms with E-state index in [2.05, 4.69) is 44.2 Å². The van der Waals surface area contributed by atoms with Gasteiger partial charge in [0.05, 0.1) is 30.7 Å². The minimum atomic E-state index is -0.159. The summed E-state index contributed by atoms with van der Waals surface area (Å²) in [7, 11) is 0. The third kappa shape index (κ3) is 4.33. The third-order valence-corrected chi connectivity index (χ3v) is 8.09. The number of benzene rings is 1. The van der Waals surface area contributed by atoms with Crippen molar-refractivity contribution < 1.29 is 14.6 Å². The normalized spacial score (nSPS) is 22.0. The number of fused-ring (bicyclic) bond motifs is 5. The van der Waals surface area contributed by atoms with Crippen molar-refractivity contribution in [3.8, 4) is 0 Å². The Kier molecular flexibility index (Phi) is 7.04. The lowest BCUT2D eigenvalue weighted by Gasteiger charge is -2.34. The Morgan fingerprint density at radius 1 is 1.16 bits per heavy atom. The van der Waals surface area contributed by atoms with Gasteiger partial charge in [0.15, 0.2) is 11.6 Å². The molecule has 1 atom stereocenters. The van der Waals surface area contributed by atoms with Crippen LogP contribution in [0.1, 0.15) is 49.7 Å². The number of likely N-dealkylation sites (tertiary alicyclic amines) is 1. The maximum atomic E-state index is 14.0. The molecule has 0 saturated carbocycles. The molecule has 1 aromatic heterocycles. The third-order valence-electron chi connectivity index (χ3n) is 8.09. The molecule has 4 aliphatic rings. The summed E-state index contributed by atoms with van der Waals surface area (Å²) in [6, 6.07) is 10.3. The second kappa shape index (κ2) is 10.7. The van der Waals surface area contributed by atoms with Crippen LogP contribution in [0.15, 0.2) is 47.9 Å². The van der Waals surface area contributed by atoms with Crippen LogP contribution in [0.4, 0.5) is 17.3 Å². The van der Waals surface area contributed by atoms with Crippen molar-refractivity contribution in [2.75, 3.05) is 62.3 Å². The van der Waals surface area contributed by atoms with Crippen LogP contribution in [-0.2, 0) is 9.53 Å². The highest BCUT2D eigenvalue weighted by molar-refractivity contribution is 6.14. The van der Waals surface area contributed by atoms with Crippen LogP contribution in [0.3, 0.4) is 0 Å². The van der Waals surface area contributed by atoms with Crippen molar-refractivity contribution in [2.24, 2.45) is 0 Å². The Morgan fingerprint density at radius 2 is 1.95 bits per heavy atom. The summed E-state index contributed by atoms with van der Waals surface area (Å²) in [6.45, 7) is 8.45. The van der Waals surface area contributed by atoms with Gasteiger partial charge in [-0.15, -0.1) is 10.2 Å². The number of nitrogens with zero attached hydrogens (tertiary/aromatic N) is 5. The fourth-order valence-corrected chi connectivity index (χ4v) is 6.27. The molecule has 5 heterocycles. The number of aromatic nitrogens is 2. The molecular weight excluding hydrogens is 480 g/mol. The first-order chi connectivity index (χ1) is 18.7. The smallest absolute Gasteiger partial charge is 0.253 e. The molecule has 6 rings (SSSR count). The number of carbonyl (C=O) groups is 1. The number of hydrogen-bond donors (Lipinski definition) is 2. The predicted octanol–water partition coefficient (Wildman–Crippen LogP) is 3.73. The van der Waals surface area contributed by atoms with Crippen LogP contribution in [-0.4, -0.2) is 78.6 Å². The van der Waals surface area contributed by atoms with Gasteiger partial charge in [0, 0.05) is 48.9 Å². The van der Waals surface area contributed by atoms with Crippen LogP contribution in [0, 0.1) is 0 Å². The Labute approximate surface area is 223 Å². The van der Waals surface area contributed by atoms with Crippen molar-refractivity contribution in [2.45, 2.75) is 38.5 Å². The highest BCUT2D eigenvalue weighted by Gasteiger charge is 2.44. The minimum Gasteiger partial charge on any atom is -0.515 e. The van der Waals surface area contributed by atoms with E-state index in [-0.39, 0.29) is 11.8 Å². The van der Waals surface area contributed by atoms with Gasteiger partial charge in [-0.2, -0.15) is 0 Å². The number of amides is 1. The fraction of sp³-hybridized carbons (Fsp3) is 0.483. The van der Waals surface area contributed by atoms with Crippen LogP contribution >= 0.6 is 0 Å². The number of rotatable bonds is 7. The predicted molar refractivity (Wildman–Crippen MR) is 148 cm³/mol. The van der Waals surface area contributed by atoms with Crippen molar-refractivity contribution in [3.05, 3.63) is 59.0 Å². The van der Waals surface area contributed by atoms with Gasteiger partial charge in [0.25, 0.3) is 5.91 Å². The molecular formula is C29H36N6O3. The monoisotopic (exact) mass is 516 g/mol. The van der Waals surface area contributed by atoms with Gasteiger partial charge >= 0.3 is 0 Å². The molecule has 2 aromatic rings. The number of aliphatic hydroxyl groups excluding tert-OH is 1. The van der Waals surface area contributed by atoms with Gasteiger partial charge in [-0.25, -0.2) is 0 Å². The maximum Gasteiger partial charge on any atom is 0.253 e. The molecule has 0 aliphatic carbocycles. The summed E-state index contributed by atoms with van der Waals surface area (Å²) >= 11 is 0. The first-order valence-electron chi connectivity index (χ1n) is 13.9. The summed E-state index contributed by atoms with van der Waals surface area (Å²) in [5.74, 6) is 1.24. The second-order valence-corrected chi connectivity index (χ2v) is 10.4. The summed E-state index contributed by atoms with van der Waals surface area (Å²) in [5.41, 5.74) is 4.82. The number of anilines is 3. The van der Waals surface area contributed by atoms with Gasteiger partial charge < -0.3 is 25.0 Å². The number of aliphatic hydroxyl groups is 1. The largest absolute Gasteiger partial charge is 0.515 e. The second-order valence-electron chi connectivity index (χ2n) is 10.4. The van der Waals surface area contributed by atoms with Gasteiger partial charge in [0.1, 0.15) is 0 Å². The minimum absolute atomic E-state index is 0.0272. The van der Waals surface area contributed by atoms with Crippen molar-refractivity contribution in [3.63, 3.8) is 0 Å². The molecule has 2 fully saturated rings. The Morgan fingerprint density at radius 3 is 2.71 bits per heavy atom. The zero-order chi connectivity index (χ0) is 26.1. The molecule has 38 heavy (non-hydrogen) atoms. The van der Waals surface area contributed by atoms with E-state index in [1.807, 2.05) is 18.2 Å². The lowest BCUT2D eigenvalue weighted by atomic mass is 9.86. The number of ether oxygens (including phenoxy) is 1. The zero-order valence-corrected chi connectivity index (χ0v) is 22.0. The SMILES string of the molecule is CCCC1C2=C(C(=O)NCCN3CCCC3)/C(=C\O)c3cc(N4CCOCC4)nnc3N2c2ccccc21. The van der Waals surface area contributed by atoms with E-state index in [4.69, 9.17) is 9.84 Å². The number of nitrogens with one attached hydrogen (secondary N) is 1. The summed E-state index contributed by atoms with van der Waals surface area (Å²) in [6.07, 6.45) is 5.37. The van der Waals surface area contributed by atoms with E-state index in [9.17, 15) is 9.90 Å². The first kappa shape index (κ1) is 24.9. The first-order valence-corrected chi connectivity index (χ1v) is 13.9. The van der Waals surface area contributed by atoms with E-state index in [1.54, 1.807) is 0 Å². The maximum absolute atomic E-state index is 14.0. The molecule has 0 spiro atoms.